The minimum atomic E-state index is 0.0364. The summed E-state index contributed by atoms with van der Waals surface area (Å²) >= 11 is 0. The van der Waals surface area contributed by atoms with Crippen LogP contribution in [0.1, 0.15) is 29.8 Å². The largest absolute Gasteiger partial charge is 0.341 e. The van der Waals surface area contributed by atoms with Crippen LogP contribution < -0.4 is 0 Å². The zero-order valence-corrected chi connectivity index (χ0v) is 10.7. The number of nitrogens with one attached hydrogen (secondary N) is 1. The number of amides is 1. The van der Waals surface area contributed by atoms with Crippen molar-refractivity contribution in [3.05, 3.63) is 36.7 Å². The predicted octanol–water partition coefficient (Wildman–Crippen LogP) is 1.30. The fraction of sp³-hybridized carbons (Fsp3) is 0.462. The molecule has 6 heteroatoms. The molecule has 1 saturated heterocycles. The van der Waals surface area contributed by atoms with E-state index in [1.165, 1.54) is 6.42 Å². The molecule has 0 unspecified atom stereocenters. The third kappa shape index (κ3) is 2.52. The van der Waals surface area contributed by atoms with Crippen molar-refractivity contribution in [2.24, 2.45) is 0 Å². The van der Waals surface area contributed by atoms with Gasteiger partial charge in [0.2, 0.25) is 0 Å². The van der Waals surface area contributed by atoms with Gasteiger partial charge in [-0.2, -0.15) is 5.10 Å². The molecule has 1 amide bonds. The third-order valence-corrected chi connectivity index (χ3v) is 3.57. The predicted molar refractivity (Wildman–Crippen MR) is 69.5 cm³/mol. The molecule has 6 nitrogen and oxygen atoms in total. The molecule has 1 atom stereocenters. The first-order chi connectivity index (χ1) is 9.34. The van der Waals surface area contributed by atoms with Crippen LogP contribution in [0.2, 0.25) is 0 Å². The van der Waals surface area contributed by atoms with Gasteiger partial charge in [-0.05, 0) is 25.3 Å². The summed E-state index contributed by atoms with van der Waals surface area (Å²) in [5, 5.41) is 4.23. The maximum absolute atomic E-state index is 12.4. The first-order valence-electron chi connectivity index (χ1n) is 6.61. The van der Waals surface area contributed by atoms with Gasteiger partial charge in [-0.1, -0.05) is 0 Å². The summed E-state index contributed by atoms with van der Waals surface area (Å²) in [6.45, 7) is 1.57. The molecule has 2 aromatic rings. The van der Waals surface area contributed by atoms with Crippen LogP contribution in [0.5, 0.6) is 0 Å². The number of piperidine rings is 1. The number of imidazole rings is 1. The number of hydrogen-bond donors (Lipinski definition) is 1. The Morgan fingerprint density at radius 3 is 3.16 bits per heavy atom. The average Bonchev–Trinajstić information content (AvgIpc) is 3.11. The number of rotatable bonds is 3. The van der Waals surface area contributed by atoms with Crippen LogP contribution >= 0.6 is 0 Å². The van der Waals surface area contributed by atoms with Gasteiger partial charge >= 0.3 is 0 Å². The lowest BCUT2D eigenvalue weighted by Crippen LogP contribution is -2.46. The molecular formula is C13H17N5O. The van der Waals surface area contributed by atoms with Crippen LogP contribution in [0.3, 0.4) is 0 Å². The minimum Gasteiger partial charge on any atom is -0.341 e. The highest BCUT2D eigenvalue weighted by Crippen LogP contribution is 2.20. The van der Waals surface area contributed by atoms with Crippen molar-refractivity contribution >= 4 is 5.91 Å². The van der Waals surface area contributed by atoms with Crippen LogP contribution in [0.25, 0.3) is 0 Å². The van der Waals surface area contributed by atoms with E-state index in [0.29, 0.717) is 5.69 Å². The zero-order chi connectivity index (χ0) is 13.1. The average molecular weight is 259 g/mol. The van der Waals surface area contributed by atoms with E-state index in [1.807, 2.05) is 21.8 Å². The lowest BCUT2D eigenvalue weighted by molar-refractivity contribution is 0.0578. The highest BCUT2D eigenvalue weighted by atomic mass is 16.2. The van der Waals surface area contributed by atoms with E-state index in [0.717, 1.165) is 25.9 Å². The van der Waals surface area contributed by atoms with Crippen molar-refractivity contribution in [2.75, 3.05) is 6.54 Å². The summed E-state index contributed by atoms with van der Waals surface area (Å²) in [6.07, 6.45) is 10.1. The Hall–Kier alpha value is -2.11. The van der Waals surface area contributed by atoms with Crippen LogP contribution in [0, 0.1) is 0 Å². The molecule has 0 bridgehead atoms. The maximum Gasteiger partial charge on any atom is 0.272 e. The number of aromatic nitrogens is 4. The number of aromatic amines is 1. The van der Waals surface area contributed by atoms with Crippen LogP contribution in [-0.4, -0.2) is 43.1 Å². The number of H-pyrrole nitrogens is 1. The van der Waals surface area contributed by atoms with Gasteiger partial charge in [-0.3, -0.25) is 9.48 Å². The summed E-state index contributed by atoms with van der Waals surface area (Å²) < 4.78 is 1.89. The number of nitrogens with zero attached hydrogens (tertiary/aromatic N) is 4. The molecule has 1 aliphatic rings. The SMILES string of the molecule is O=C(c1cnc[nH]1)N1CCCC[C@@H]1Cn1cccn1. The molecule has 1 aliphatic heterocycles. The van der Waals surface area contributed by atoms with E-state index >= 15 is 0 Å². The lowest BCUT2D eigenvalue weighted by Gasteiger charge is -2.35. The fourth-order valence-electron chi connectivity index (χ4n) is 2.61. The van der Waals surface area contributed by atoms with Gasteiger partial charge in [0.1, 0.15) is 5.69 Å². The molecule has 0 spiro atoms. The van der Waals surface area contributed by atoms with Crippen molar-refractivity contribution in [3.8, 4) is 0 Å². The van der Waals surface area contributed by atoms with E-state index in [2.05, 4.69) is 15.1 Å². The zero-order valence-electron chi connectivity index (χ0n) is 10.7. The fourth-order valence-corrected chi connectivity index (χ4v) is 2.61. The Kier molecular flexibility index (Phi) is 3.31. The molecule has 2 aromatic heterocycles. The van der Waals surface area contributed by atoms with Crippen LogP contribution in [-0.2, 0) is 6.54 Å². The second kappa shape index (κ2) is 5.26. The second-order valence-corrected chi connectivity index (χ2v) is 4.84. The van der Waals surface area contributed by atoms with Crippen molar-refractivity contribution in [1.82, 2.24) is 24.6 Å². The summed E-state index contributed by atoms with van der Waals surface area (Å²) in [4.78, 5) is 21.2. The first kappa shape index (κ1) is 12.0. The van der Waals surface area contributed by atoms with E-state index < -0.39 is 0 Å². The molecule has 0 aromatic carbocycles. The smallest absolute Gasteiger partial charge is 0.272 e. The van der Waals surface area contributed by atoms with Gasteiger partial charge in [-0.15, -0.1) is 0 Å². The Bertz CT molecular complexity index is 519. The number of hydrogen-bond acceptors (Lipinski definition) is 3. The second-order valence-electron chi connectivity index (χ2n) is 4.84. The standard InChI is InChI=1S/C13H17N5O/c19-13(12-8-14-10-15-12)18-7-2-1-4-11(18)9-17-6-3-5-16-17/h3,5-6,8,10-11H,1-2,4,7,9H2,(H,14,15)/t11-/m1/s1. The summed E-state index contributed by atoms with van der Waals surface area (Å²) in [6, 6.07) is 2.12. The maximum atomic E-state index is 12.4. The van der Waals surface area contributed by atoms with Crippen LogP contribution in [0.15, 0.2) is 31.0 Å². The van der Waals surface area contributed by atoms with E-state index in [9.17, 15) is 4.79 Å². The molecule has 1 fully saturated rings. The molecule has 3 rings (SSSR count). The molecule has 0 saturated carbocycles. The van der Waals surface area contributed by atoms with Gasteiger partial charge in [-0.25, -0.2) is 4.98 Å². The van der Waals surface area contributed by atoms with E-state index in [-0.39, 0.29) is 11.9 Å². The Labute approximate surface area is 111 Å². The van der Waals surface area contributed by atoms with Gasteiger partial charge < -0.3 is 9.88 Å². The number of carbonyl (C=O) groups excluding carboxylic acids is 1. The van der Waals surface area contributed by atoms with Crippen LogP contribution in [0.4, 0.5) is 0 Å². The lowest BCUT2D eigenvalue weighted by atomic mass is 10.0. The molecule has 19 heavy (non-hydrogen) atoms. The van der Waals surface area contributed by atoms with Crippen molar-refractivity contribution in [3.63, 3.8) is 0 Å². The third-order valence-electron chi connectivity index (χ3n) is 3.57. The summed E-state index contributed by atoms with van der Waals surface area (Å²) in [5.74, 6) is 0.0364. The number of likely N-dealkylation sites (tertiary alicyclic amines) is 1. The monoisotopic (exact) mass is 259 g/mol. The topological polar surface area (TPSA) is 66.8 Å². The molecule has 1 N–H and O–H groups in total. The van der Waals surface area contributed by atoms with E-state index in [1.54, 1.807) is 18.7 Å². The van der Waals surface area contributed by atoms with Gasteiger partial charge in [0.15, 0.2) is 0 Å². The Morgan fingerprint density at radius 2 is 2.42 bits per heavy atom. The Balaban J connectivity index is 1.75. The normalized spacial score (nSPS) is 19.6. The van der Waals surface area contributed by atoms with Crippen molar-refractivity contribution in [2.45, 2.75) is 31.8 Å². The van der Waals surface area contributed by atoms with E-state index in [4.69, 9.17) is 0 Å². The van der Waals surface area contributed by atoms with Gasteiger partial charge in [0.25, 0.3) is 5.91 Å². The van der Waals surface area contributed by atoms with Gasteiger partial charge in [0, 0.05) is 18.9 Å². The quantitative estimate of drug-likeness (QED) is 0.903. The minimum absolute atomic E-state index is 0.0364. The van der Waals surface area contributed by atoms with Crippen molar-refractivity contribution in [1.29, 1.82) is 0 Å². The molecule has 3 heterocycles. The highest BCUT2D eigenvalue weighted by molar-refractivity contribution is 5.92. The first-order valence-corrected chi connectivity index (χ1v) is 6.61. The summed E-state index contributed by atoms with van der Waals surface area (Å²) in [5.41, 5.74) is 0.562. The molecular weight excluding hydrogens is 242 g/mol. The highest BCUT2D eigenvalue weighted by Gasteiger charge is 2.28. The van der Waals surface area contributed by atoms with Gasteiger partial charge in [0.05, 0.1) is 25.1 Å². The number of carbonyl (C=O) groups is 1. The van der Waals surface area contributed by atoms with Crippen molar-refractivity contribution < 1.29 is 4.79 Å². The molecule has 100 valence electrons. The molecule has 0 radical (unpaired) electrons. The molecule has 0 aliphatic carbocycles. The summed E-state index contributed by atoms with van der Waals surface area (Å²) in [7, 11) is 0. The Morgan fingerprint density at radius 1 is 1.47 bits per heavy atom.